The second-order valence-corrected chi connectivity index (χ2v) is 8.13. The Labute approximate surface area is 192 Å². The molecule has 0 saturated heterocycles. The molecule has 1 aromatic carbocycles. The van der Waals surface area contributed by atoms with E-state index in [2.05, 4.69) is 20.1 Å². The van der Waals surface area contributed by atoms with Crippen LogP contribution in [-0.4, -0.2) is 29.3 Å². The van der Waals surface area contributed by atoms with Crippen LogP contribution >= 0.6 is 0 Å². The molecule has 0 radical (unpaired) electrons. The van der Waals surface area contributed by atoms with E-state index in [4.69, 9.17) is 0 Å². The molecule has 34 heavy (non-hydrogen) atoms. The third-order valence-electron chi connectivity index (χ3n) is 5.78. The molecule has 174 valence electrons. The van der Waals surface area contributed by atoms with E-state index in [9.17, 15) is 17.6 Å². The molecule has 0 bridgehead atoms. The molecule has 4 heterocycles. The predicted octanol–water partition coefficient (Wildman–Crippen LogP) is 5.42. The summed E-state index contributed by atoms with van der Waals surface area (Å²) in [6.45, 7) is 2.38. The molecule has 0 saturated carbocycles. The van der Waals surface area contributed by atoms with Crippen molar-refractivity contribution in [3.8, 4) is 5.69 Å². The minimum Gasteiger partial charge on any atom is -0.302 e. The molecule has 0 unspecified atom stereocenters. The zero-order valence-corrected chi connectivity index (χ0v) is 18.2. The van der Waals surface area contributed by atoms with Crippen molar-refractivity contribution in [3.05, 3.63) is 89.0 Å². The highest BCUT2D eigenvalue weighted by molar-refractivity contribution is 5.65. The first-order chi connectivity index (χ1) is 16.3. The molecule has 0 amide bonds. The van der Waals surface area contributed by atoms with E-state index in [0.717, 1.165) is 11.8 Å². The lowest BCUT2D eigenvalue weighted by Crippen LogP contribution is -2.21. The van der Waals surface area contributed by atoms with Gasteiger partial charge in [-0.25, -0.2) is 19.6 Å². The molecule has 10 heteroatoms. The highest BCUT2D eigenvalue weighted by Crippen LogP contribution is 2.40. The average molecular weight is 468 g/mol. The van der Waals surface area contributed by atoms with Gasteiger partial charge in [0.1, 0.15) is 11.5 Å². The Kier molecular flexibility index (Phi) is 5.51. The predicted molar refractivity (Wildman–Crippen MR) is 118 cm³/mol. The Hall–Kier alpha value is -3.82. The van der Waals surface area contributed by atoms with Crippen molar-refractivity contribution in [1.29, 1.82) is 0 Å². The van der Waals surface area contributed by atoms with Crippen molar-refractivity contribution < 1.29 is 17.6 Å². The number of hydrogen-bond acceptors (Lipinski definition) is 4. The van der Waals surface area contributed by atoms with E-state index in [-0.39, 0.29) is 11.3 Å². The Morgan fingerprint density at radius 3 is 2.62 bits per heavy atom. The summed E-state index contributed by atoms with van der Waals surface area (Å²) >= 11 is 0. The van der Waals surface area contributed by atoms with E-state index in [1.807, 2.05) is 6.92 Å². The van der Waals surface area contributed by atoms with Crippen LogP contribution in [0.25, 0.3) is 17.8 Å². The normalized spacial score (nSPS) is 16.2. The Balaban J connectivity index is 1.42. The minimum absolute atomic E-state index is 0.202. The van der Waals surface area contributed by atoms with Crippen LogP contribution in [0.3, 0.4) is 0 Å². The Morgan fingerprint density at radius 2 is 1.88 bits per heavy atom. The van der Waals surface area contributed by atoms with E-state index < -0.39 is 23.6 Å². The monoisotopic (exact) mass is 468 g/mol. The SMILES string of the molecule is Cc1cn(-c2ccc(/C=C/c3nc4n(n3)CCC[C@H]4c3ccccc3C(F)(F)F)nc2F)cn1. The van der Waals surface area contributed by atoms with Gasteiger partial charge in [0.05, 0.1) is 23.3 Å². The molecule has 0 fully saturated rings. The molecule has 0 N–H and O–H groups in total. The lowest BCUT2D eigenvalue weighted by molar-refractivity contribution is -0.138. The van der Waals surface area contributed by atoms with Gasteiger partial charge in [0.2, 0.25) is 5.95 Å². The number of alkyl halides is 3. The fourth-order valence-corrected chi connectivity index (χ4v) is 4.23. The van der Waals surface area contributed by atoms with Gasteiger partial charge in [0.25, 0.3) is 0 Å². The highest BCUT2D eigenvalue weighted by atomic mass is 19.4. The summed E-state index contributed by atoms with van der Waals surface area (Å²) in [6.07, 6.45) is 3.17. The van der Waals surface area contributed by atoms with Crippen molar-refractivity contribution in [1.82, 2.24) is 29.3 Å². The van der Waals surface area contributed by atoms with Gasteiger partial charge in [-0.3, -0.25) is 0 Å². The Morgan fingerprint density at radius 1 is 1.06 bits per heavy atom. The van der Waals surface area contributed by atoms with Crippen LogP contribution in [0, 0.1) is 12.9 Å². The van der Waals surface area contributed by atoms with Crippen molar-refractivity contribution in [3.63, 3.8) is 0 Å². The quantitative estimate of drug-likeness (QED) is 0.296. The standard InChI is InChI=1S/C24H20F4N6/c1-15-13-33(14-29-15)20-10-8-16(30-22(20)25)9-11-21-31-23-18(6-4-12-34(23)32-21)17-5-2-3-7-19(17)24(26,27)28/h2-3,5,7-11,13-14,18H,4,6,12H2,1H3/b11-9+/t18-/m0/s1. The van der Waals surface area contributed by atoms with Gasteiger partial charge in [-0.05, 0) is 55.7 Å². The highest BCUT2D eigenvalue weighted by Gasteiger charge is 2.37. The molecule has 3 aromatic heterocycles. The topological polar surface area (TPSA) is 61.4 Å². The van der Waals surface area contributed by atoms with Crippen molar-refractivity contribution >= 4 is 12.2 Å². The molecule has 1 aliphatic heterocycles. The molecule has 1 aliphatic rings. The Bertz CT molecular complexity index is 1370. The molecule has 6 nitrogen and oxygen atoms in total. The lowest BCUT2D eigenvalue weighted by atomic mass is 9.88. The smallest absolute Gasteiger partial charge is 0.302 e. The number of imidazole rings is 1. The largest absolute Gasteiger partial charge is 0.416 e. The third kappa shape index (κ3) is 4.23. The number of fused-ring (bicyclic) bond motifs is 1. The summed E-state index contributed by atoms with van der Waals surface area (Å²) in [5, 5.41) is 4.43. The van der Waals surface area contributed by atoms with Crippen LogP contribution in [0.5, 0.6) is 0 Å². The van der Waals surface area contributed by atoms with Gasteiger partial charge >= 0.3 is 6.18 Å². The van der Waals surface area contributed by atoms with Gasteiger partial charge in [0, 0.05) is 18.7 Å². The van der Waals surface area contributed by atoms with Crippen LogP contribution in [0.1, 0.15) is 52.9 Å². The summed E-state index contributed by atoms with van der Waals surface area (Å²) in [5.41, 5.74) is 0.952. The first kappa shape index (κ1) is 22.0. The zero-order chi connectivity index (χ0) is 23.9. The number of nitrogens with zero attached hydrogens (tertiary/aromatic N) is 6. The zero-order valence-electron chi connectivity index (χ0n) is 18.2. The summed E-state index contributed by atoms with van der Waals surface area (Å²) in [7, 11) is 0. The average Bonchev–Trinajstić information content (AvgIpc) is 3.43. The van der Waals surface area contributed by atoms with Gasteiger partial charge < -0.3 is 4.57 Å². The van der Waals surface area contributed by atoms with Gasteiger partial charge in [-0.2, -0.15) is 22.7 Å². The molecule has 0 spiro atoms. The van der Waals surface area contributed by atoms with E-state index in [1.165, 1.54) is 18.5 Å². The first-order valence-electron chi connectivity index (χ1n) is 10.8. The molecule has 5 rings (SSSR count). The first-order valence-corrected chi connectivity index (χ1v) is 10.8. The van der Waals surface area contributed by atoms with Crippen molar-refractivity contribution in [2.24, 2.45) is 0 Å². The maximum atomic E-state index is 14.5. The fraction of sp³-hybridized carbons (Fsp3) is 0.250. The number of rotatable bonds is 4. The van der Waals surface area contributed by atoms with Crippen LogP contribution in [0.15, 0.2) is 48.9 Å². The summed E-state index contributed by atoms with van der Waals surface area (Å²) in [6, 6.07) is 8.85. The van der Waals surface area contributed by atoms with Crippen LogP contribution in [0.4, 0.5) is 17.6 Å². The van der Waals surface area contributed by atoms with Crippen molar-refractivity contribution in [2.75, 3.05) is 0 Å². The molecule has 0 aliphatic carbocycles. The summed E-state index contributed by atoms with van der Waals surface area (Å²) in [4.78, 5) is 12.6. The summed E-state index contributed by atoms with van der Waals surface area (Å²) in [5.74, 6) is -0.328. The fourth-order valence-electron chi connectivity index (χ4n) is 4.23. The number of pyridine rings is 1. The maximum Gasteiger partial charge on any atom is 0.416 e. The number of halogens is 4. The van der Waals surface area contributed by atoms with Gasteiger partial charge in [0.15, 0.2) is 5.82 Å². The molecule has 4 aromatic rings. The van der Waals surface area contributed by atoms with Crippen LogP contribution in [-0.2, 0) is 12.7 Å². The second kappa shape index (κ2) is 8.51. The van der Waals surface area contributed by atoms with Gasteiger partial charge in [-0.1, -0.05) is 18.2 Å². The third-order valence-corrected chi connectivity index (χ3v) is 5.78. The van der Waals surface area contributed by atoms with E-state index in [0.29, 0.717) is 36.7 Å². The maximum absolute atomic E-state index is 14.5. The van der Waals surface area contributed by atoms with E-state index in [1.54, 1.807) is 45.8 Å². The molecule has 1 atom stereocenters. The number of aromatic nitrogens is 6. The minimum atomic E-state index is -4.45. The molecular weight excluding hydrogens is 448 g/mol. The number of hydrogen-bond donors (Lipinski definition) is 0. The lowest BCUT2D eigenvalue weighted by Gasteiger charge is -2.25. The van der Waals surface area contributed by atoms with Gasteiger partial charge in [-0.15, -0.1) is 0 Å². The number of benzene rings is 1. The van der Waals surface area contributed by atoms with E-state index >= 15 is 0 Å². The second-order valence-electron chi connectivity index (χ2n) is 8.13. The summed E-state index contributed by atoms with van der Waals surface area (Å²) < 4.78 is 58.4. The molecular formula is C24H20F4N6. The van der Waals surface area contributed by atoms with Crippen molar-refractivity contribution in [2.45, 2.75) is 38.4 Å². The number of aryl methyl sites for hydroxylation is 2. The van der Waals surface area contributed by atoms with Crippen LogP contribution in [0.2, 0.25) is 0 Å². The van der Waals surface area contributed by atoms with Crippen LogP contribution < -0.4 is 0 Å².